The average Bonchev–Trinajstić information content (AvgIpc) is 2.45. The Labute approximate surface area is 123 Å². The molecule has 0 aromatic heterocycles. The molecule has 0 aliphatic heterocycles. The van der Waals surface area contributed by atoms with Gasteiger partial charge in [0, 0.05) is 6.54 Å². The Kier molecular flexibility index (Phi) is 4.40. The van der Waals surface area contributed by atoms with E-state index in [0.717, 1.165) is 5.56 Å². The third-order valence-electron chi connectivity index (χ3n) is 2.94. The molecule has 6 heteroatoms. The summed E-state index contributed by atoms with van der Waals surface area (Å²) in [5.41, 5.74) is 1.57. The van der Waals surface area contributed by atoms with Crippen molar-refractivity contribution < 1.29 is 18.3 Å². The lowest BCUT2D eigenvalue weighted by Gasteiger charge is -2.08. The molecule has 0 bridgehead atoms. The molecule has 110 valence electrons. The Balaban J connectivity index is 2.15. The highest BCUT2D eigenvalue weighted by Crippen LogP contribution is 2.12. The molecule has 0 atom stereocenters. The molecule has 0 saturated carbocycles. The van der Waals surface area contributed by atoms with Crippen LogP contribution in [0, 0.1) is 6.92 Å². The summed E-state index contributed by atoms with van der Waals surface area (Å²) in [5.74, 6) is -1.04. The van der Waals surface area contributed by atoms with Crippen molar-refractivity contribution in [1.82, 2.24) is 4.72 Å². The molecule has 5 nitrogen and oxygen atoms in total. The molecule has 0 unspecified atom stereocenters. The standard InChI is InChI=1S/C15H15NO4S/c1-11-4-2-7-14(8-11)21(19,20)16-10-12-5-3-6-13(9-12)15(17)18/h2-9,16H,10H2,1H3,(H,17,18). The van der Waals surface area contributed by atoms with Gasteiger partial charge in [-0.05, 0) is 42.3 Å². The van der Waals surface area contributed by atoms with Gasteiger partial charge < -0.3 is 5.11 Å². The molecule has 2 aromatic rings. The second-order valence-electron chi connectivity index (χ2n) is 4.65. The van der Waals surface area contributed by atoms with Gasteiger partial charge in [-0.25, -0.2) is 17.9 Å². The van der Waals surface area contributed by atoms with Crippen LogP contribution in [0.25, 0.3) is 0 Å². The first-order valence-electron chi connectivity index (χ1n) is 6.27. The van der Waals surface area contributed by atoms with E-state index in [1.807, 2.05) is 13.0 Å². The summed E-state index contributed by atoms with van der Waals surface area (Å²) in [6, 6.07) is 12.7. The molecular weight excluding hydrogens is 290 g/mol. The number of nitrogens with one attached hydrogen (secondary N) is 1. The zero-order valence-electron chi connectivity index (χ0n) is 11.4. The smallest absolute Gasteiger partial charge is 0.335 e. The number of rotatable bonds is 5. The molecular formula is C15H15NO4S. The van der Waals surface area contributed by atoms with E-state index in [-0.39, 0.29) is 17.0 Å². The summed E-state index contributed by atoms with van der Waals surface area (Å²) >= 11 is 0. The van der Waals surface area contributed by atoms with Crippen molar-refractivity contribution in [3.8, 4) is 0 Å². The van der Waals surface area contributed by atoms with Gasteiger partial charge in [0.15, 0.2) is 0 Å². The average molecular weight is 305 g/mol. The van der Waals surface area contributed by atoms with Gasteiger partial charge in [0.25, 0.3) is 0 Å². The Morgan fingerprint density at radius 1 is 1.14 bits per heavy atom. The van der Waals surface area contributed by atoms with Gasteiger partial charge in [0.1, 0.15) is 0 Å². The van der Waals surface area contributed by atoms with Crippen molar-refractivity contribution in [3.05, 3.63) is 65.2 Å². The van der Waals surface area contributed by atoms with Crippen LogP contribution in [0.4, 0.5) is 0 Å². The van der Waals surface area contributed by atoms with Crippen molar-refractivity contribution in [2.24, 2.45) is 0 Å². The van der Waals surface area contributed by atoms with E-state index >= 15 is 0 Å². The molecule has 2 aromatic carbocycles. The number of carboxylic acid groups (broad SMARTS) is 1. The van der Waals surface area contributed by atoms with Crippen molar-refractivity contribution in [1.29, 1.82) is 0 Å². The number of sulfonamides is 1. The maximum Gasteiger partial charge on any atom is 0.335 e. The van der Waals surface area contributed by atoms with E-state index in [1.165, 1.54) is 18.2 Å². The second-order valence-corrected chi connectivity index (χ2v) is 6.41. The molecule has 2 N–H and O–H groups in total. The largest absolute Gasteiger partial charge is 0.478 e. The van der Waals surface area contributed by atoms with Crippen LogP contribution in [0.15, 0.2) is 53.4 Å². The third-order valence-corrected chi connectivity index (χ3v) is 4.34. The summed E-state index contributed by atoms with van der Waals surface area (Å²) < 4.78 is 26.8. The van der Waals surface area contributed by atoms with Crippen LogP contribution in [0.5, 0.6) is 0 Å². The monoisotopic (exact) mass is 305 g/mol. The number of benzene rings is 2. The summed E-state index contributed by atoms with van der Waals surface area (Å²) in [5, 5.41) is 8.91. The van der Waals surface area contributed by atoms with Gasteiger partial charge in [0.05, 0.1) is 10.5 Å². The van der Waals surface area contributed by atoms with Crippen LogP contribution in [-0.2, 0) is 16.6 Å². The number of aromatic carboxylic acids is 1. The van der Waals surface area contributed by atoms with E-state index in [2.05, 4.69) is 4.72 Å². The summed E-state index contributed by atoms with van der Waals surface area (Å²) in [7, 11) is -3.61. The Hall–Kier alpha value is -2.18. The van der Waals surface area contributed by atoms with Crippen LogP contribution in [0.1, 0.15) is 21.5 Å². The van der Waals surface area contributed by atoms with Crippen LogP contribution >= 0.6 is 0 Å². The summed E-state index contributed by atoms with van der Waals surface area (Å²) in [6.45, 7) is 1.85. The molecule has 0 aliphatic rings. The first kappa shape index (κ1) is 15.2. The van der Waals surface area contributed by atoms with Crippen molar-refractivity contribution in [2.45, 2.75) is 18.4 Å². The normalized spacial score (nSPS) is 11.3. The molecule has 21 heavy (non-hydrogen) atoms. The van der Waals surface area contributed by atoms with Crippen molar-refractivity contribution in [3.63, 3.8) is 0 Å². The third kappa shape index (κ3) is 3.90. The number of aryl methyl sites for hydroxylation is 1. The predicted molar refractivity (Wildman–Crippen MR) is 78.6 cm³/mol. The molecule has 0 spiro atoms. The van der Waals surface area contributed by atoms with Crippen LogP contribution in [0.3, 0.4) is 0 Å². The lowest BCUT2D eigenvalue weighted by Crippen LogP contribution is -2.23. The topological polar surface area (TPSA) is 83.5 Å². The first-order valence-corrected chi connectivity index (χ1v) is 7.75. The molecule has 0 aliphatic carbocycles. The van der Waals surface area contributed by atoms with Crippen LogP contribution < -0.4 is 4.72 Å². The SMILES string of the molecule is Cc1cccc(S(=O)(=O)NCc2cccc(C(=O)O)c2)c1. The fourth-order valence-electron chi connectivity index (χ4n) is 1.86. The minimum atomic E-state index is -3.61. The highest BCUT2D eigenvalue weighted by atomic mass is 32.2. The minimum Gasteiger partial charge on any atom is -0.478 e. The molecule has 0 radical (unpaired) electrons. The van der Waals surface area contributed by atoms with Gasteiger partial charge >= 0.3 is 5.97 Å². The molecule has 0 fully saturated rings. The van der Waals surface area contributed by atoms with Crippen molar-refractivity contribution in [2.75, 3.05) is 0 Å². The lowest BCUT2D eigenvalue weighted by molar-refractivity contribution is 0.0696. The van der Waals surface area contributed by atoms with Gasteiger partial charge in [-0.15, -0.1) is 0 Å². The number of hydrogen-bond acceptors (Lipinski definition) is 3. The summed E-state index contributed by atoms with van der Waals surface area (Å²) in [6.07, 6.45) is 0. The Bertz CT molecular complexity index is 769. The molecule has 0 heterocycles. The maximum atomic E-state index is 12.1. The fraction of sp³-hybridized carbons (Fsp3) is 0.133. The summed E-state index contributed by atoms with van der Waals surface area (Å²) in [4.78, 5) is 11.1. The zero-order chi connectivity index (χ0) is 15.5. The van der Waals surface area contributed by atoms with E-state index in [1.54, 1.807) is 24.3 Å². The maximum absolute atomic E-state index is 12.1. The fourth-order valence-corrected chi connectivity index (χ4v) is 2.98. The van der Waals surface area contributed by atoms with E-state index in [9.17, 15) is 13.2 Å². The highest BCUT2D eigenvalue weighted by molar-refractivity contribution is 7.89. The number of carboxylic acids is 1. The van der Waals surface area contributed by atoms with Crippen molar-refractivity contribution >= 4 is 16.0 Å². The predicted octanol–water partition coefficient (Wildman–Crippen LogP) is 2.17. The molecule has 0 amide bonds. The highest BCUT2D eigenvalue weighted by Gasteiger charge is 2.14. The van der Waals surface area contributed by atoms with E-state index in [4.69, 9.17) is 5.11 Å². The first-order chi connectivity index (χ1) is 9.88. The Morgan fingerprint density at radius 2 is 1.86 bits per heavy atom. The minimum absolute atomic E-state index is 0.0391. The Morgan fingerprint density at radius 3 is 2.52 bits per heavy atom. The van der Waals surface area contributed by atoms with Gasteiger partial charge in [0.2, 0.25) is 10.0 Å². The van der Waals surface area contributed by atoms with Crippen LogP contribution in [0.2, 0.25) is 0 Å². The lowest BCUT2D eigenvalue weighted by atomic mass is 10.1. The number of carbonyl (C=O) groups is 1. The van der Waals surface area contributed by atoms with Gasteiger partial charge in [-0.3, -0.25) is 0 Å². The molecule has 2 rings (SSSR count). The van der Waals surface area contributed by atoms with Crippen LogP contribution in [-0.4, -0.2) is 19.5 Å². The zero-order valence-corrected chi connectivity index (χ0v) is 12.2. The quantitative estimate of drug-likeness (QED) is 0.887. The van der Waals surface area contributed by atoms with Gasteiger partial charge in [-0.1, -0.05) is 24.3 Å². The van der Waals surface area contributed by atoms with E-state index < -0.39 is 16.0 Å². The molecule has 0 saturated heterocycles. The number of hydrogen-bond donors (Lipinski definition) is 2. The second kappa shape index (κ2) is 6.07. The van der Waals surface area contributed by atoms with E-state index in [0.29, 0.717) is 5.56 Å². The van der Waals surface area contributed by atoms with Gasteiger partial charge in [-0.2, -0.15) is 0 Å².